The smallest absolute Gasteiger partial charge is 0.261 e. The van der Waals surface area contributed by atoms with Crippen molar-refractivity contribution >= 4 is 11.8 Å². The van der Waals surface area contributed by atoms with Crippen LogP contribution in [0.2, 0.25) is 0 Å². The van der Waals surface area contributed by atoms with E-state index in [9.17, 15) is 14.0 Å². The minimum Gasteiger partial charge on any atom is -0.481 e. The Morgan fingerprint density at radius 3 is 2.51 bits per heavy atom. The number of amides is 2. The molecule has 1 aliphatic heterocycles. The normalized spacial score (nSPS) is 20.9. The fraction of sp³-hybridized carbons (Fsp3) is 0.517. The summed E-state index contributed by atoms with van der Waals surface area (Å²) in [5, 5.41) is 3.02. The molecule has 0 bridgehead atoms. The lowest BCUT2D eigenvalue weighted by Gasteiger charge is -2.39. The zero-order valence-corrected chi connectivity index (χ0v) is 20.5. The van der Waals surface area contributed by atoms with Gasteiger partial charge in [0.25, 0.3) is 5.91 Å². The Labute approximate surface area is 207 Å². The molecule has 1 N–H and O–H groups in total. The maximum atomic E-state index is 13.8. The van der Waals surface area contributed by atoms with E-state index in [0.717, 1.165) is 48.8 Å². The van der Waals surface area contributed by atoms with Gasteiger partial charge in [-0.3, -0.25) is 9.59 Å². The Morgan fingerprint density at radius 2 is 1.83 bits per heavy atom. The highest BCUT2D eigenvalue weighted by Gasteiger charge is 2.36. The van der Waals surface area contributed by atoms with Gasteiger partial charge in [-0.2, -0.15) is 0 Å². The van der Waals surface area contributed by atoms with Crippen LogP contribution in [0.5, 0.6) is 5.75 Å². The second-order valence-corrected chi connectivity index (χ2v) is 10.3. The predicted molar refractivity (Wildman–Crippen MR) is 133 cm³/mol. The maximum absolute atomic E-state index is 13.8. The molecule has 0 spiro atoms. The van der Waals surface area contributed by atoms with Crippen molar-refractivity contribution in [2.75, 3.05) is 13.1 Å². The van der Waals surface area contributed by atoms with Crippen LogP contribution in [-0.4, -0.2) is 35.9 Å². The molecule has 2 amide bonds. The average molecular weight is 479 g/mol. The van der Waals surface area contributed by atoms with Gasteiger partial charge in [0.1, 0.15) is 11.6 Å². The lowest BCUT2D eigenvalue weighted by atomic mass is 9.87. The number of carbonyl (C=O) groups excluding carboxylic acids is 2. The molecule has 2 atom stereocenters. The van der Waals surface area contributed by atoms with E-state index >= 15 is 0 Å². The number of ether oxygens (including phenoxy) is 1. The monoisotopic (exact) mass is 478 g/mol. The third-order valence-corrected chi connectivity index (χ3v) is 7.72. The van der Waals surface area contributed by atoms with Crippen LogP contribution in [0, 0.1) is 17.7 Å². The molecule has 0 radical (unpaired) electrons. The number of benzene rings is 2. The van der Waals surface area contributed by atoms with Gasteiger partial charge in [0, 0.05) is 19.0 Å². The highest BCUT2D eigenvalue weighted by atomic mass is 19.1. The topological polar surface area (TPSA) is 58.6 Å². The Hall–Kier alpha value is -2.89. The van der Waals surface area contributed by atoms with Crippen LogP contribution in [0.1, 0.15) is 74.6 Å². The molecule has 5 rings (SSSR count). The van der Waals surface area contributed by atoms with Crippen molar-refractivity contribution in [3.05, 3.63) is 65.0 Å². The number of hydrogen-bond acceptors (Lipinski definition) is 3. The Bertz CT molecular complexity index is 1060. The van der Waals surface area contributed by atoms with Crippen LogP contribution in [0.3, 0.4) is 0 Å². The first kappa shape index (κ1) is 23.8. The molecule has 35 heavy (non-hydrogen) atoms. The molecule has 3 aliphatic rings. The van der Waals surface area contributed by atoms with Gasteiger partial charge in [-0.05, 0) is 85.4 Å². The minimum atomic E-state index is -0.559. The predicted octanol–water partition coefficient (Wildman–Crippen LogP) is 5.17. The number of nitrogens with one attached hydrogen (secondary N) is 1. The van der Waals surface area contributed by atoms with Crippen molar-refractivity contribution < 1.29 is 18.7 Å². The summed E-state index contributed by atoms with van der Waals surface area (Å²) in [6.45, 7) is 3.31. The molecule has 2 aliphatic carbocycles. The SMILES string of the molecule is CC[C@H](Oc1ccc2c(c1)[C@H](c1ccc(F)cc1)N(C(=O)C1CCCC1)CC2)C(=O)NCC1CC1. The summed E-state index contributed by atoms with van der Waals surface area (Å²) in [5.41, 5.74) is 3.05. The van der Waals surface area contributed by atoms with E-state index in [2.05, 4.69) is 5.32 Å². The summed E-state index contributed by atoms with van der Waals surface area (Å²) in [4.78, 5) is 28.2. The number of nitrogens with zero attached hydrogens (tertiary/aromatic N) is 1. The first-order chi connectivity index (χ1) is 17.0. The number of hydrogen-bond donors (Lipinski definition) is 1. The van der Waals surface area contributed by atoms with Crippen LogP contribution in [0.4, 0.5) is 4.39 Å². The standard InChI is InChI=1S/C29H35FN2O3/c1-2-26(28(33)31-18-19-7-8-19)35-24-14-11-20-15-16-32(29(34)22-5-3-4-6-22)27(25(20)17-24)21-9-12-23(30)13-10-21/h9-14,17,19,22,26-27H,2-8,15-16,18H2,1H3,(H,31,33)/t26-,27-/m0/s1. The fourth-order valence-corrected chi connectivity index (χ4v) is 5.48. The largest absolute Gasteiger partial charge is 0.481 e. The maximum Gasteiger partial charge on any atom is 0.261 e. The summed E-state index contributed by atoms with van der Waals surface area (Å²) in [5.74, 6) is 1.13. The molecule has 0 saturated heterocycles. The summed E-state index contributed by atoms with van der Waals surface area (Å²) in [6, 6.07) is 12.1. The van der Waals surface area contributed by atoms with Crippen LogP contribution in [-0.2, 0) is 16.0 Å². The first-order valence-corrected chi connectivity index (χ1v) is 13.2. The second kappa shape index (κ2) is 10.4. The van der Waals surface area contributed by atoms with E-state index < -0.39 is 6.10 Å². The minimum absolute atomic E-state index is 0.0681. The molecule has 2 fully saturated rings. The molecule has 2 saturated carbocycles. The van der Waals surface area contributed by atoms with E-state index in [1.165, 1.54) is 25.0 Å². The van der Waals surface area contributed by atoms with Gasteiger partial charge in [0.15, 0.2) is 6.10 Å². The van der Waals surface area contributed by atoms with Gasteiger partial charge in [-0.25, -0.2) is 4.39 Å². The van der Waals surface area contributed by atoms with Crippen molar-refractivity contribution in [3.8, 4) is 5.75 Å². The van der Waals surface area contributed by atoms with Gasteiger partial charge in [0.05, 0.1) is 6.04 Å². The lowest BCUT2D eigenvalue weighted by molar-refractivity contribution is -0.137. The van der Waals surface area contributed by atoms with E-state index in [4.69, 9.17) is 4.74 Å². The third kappa shape index (κ3) is 5.36. The van der Waals surface area contributed by atoms with Gasteiger partial charge < -0.3 is 15.0 Å². The number of rotatable bonds is 8. The molecule has 186 valence electrons. The number of fused-ring (bicyclic) bond motifs is 1. The van der Waals surface area contributed by atoms with Crippen LogP contribution in [0.25, 0.3) is 0 Å². The summed E-state index contributed by atoms with van der Waals surface area (Å²) >= 11 is 0. The lowest BCUT2D eigenvalue weighted by Crippen LogP contribution is -2.43. The van der Waals surface area contributed by atoms with E-state index in [0.29, 0.717) is 31.2 Å². The van der Waals surface area contributed by atoms with Crippen molar-refractivity contribution in [2.45, 2.75) is 70.4 Å². The highest BCUT2D eigenvalue weighted by molar-refractivity contribution is 5.81. The van der Waals surface area contributed by atoms with Crippen LogP contribution < -0.4 is 10.1 Å². The average Bonchev–Trinajstić information content (AvgIpc) is 3.55. The van der Waals surface area contributed by atoms with Crippen molar-refractivity contribution in [3.63, 3.8) is 0 Å². The highest BCUT2D eigenvalue weighted by Crippen LogP contribution is 2.40. The summed E-state index contributed by atoms with van der Waals surface area (Å²) in [7, 11) is 0. The molecule has 2 aromatic carbocycles. The van der Waals surface area contributed by atoms with Crippen LogP contribution in [0.15, 0.2) is 42.5 Å². The molecule has 0 aromatic heterocycles. The molecular formula is C29H35FN2O3. The zero-order chi connectivity index (χ0) is 24.4. The summed E-state index contributed by atoms with van der Waals surface area (Å²) in [6.07, 6.45) is 7.23. The molecule has 1 heterocycles. The number of halogens is 1. The number of carbonyl (C=O) groups is 2. The van der Waals surface area contributed by atoms with Crippen LogP contribution >= 0.6 is 0 Å². The quantitative estimate of drug-likeness (QED) is 0.569. The fourth-order valence-electron chi connectivity index (χ4n) is 5.48. The Kier molecular flexibility index (Phi) is 7.07. The van der Waals surface area contributed by atoms with Crippen molar-refractivity contribution in [1.82, 2.24) is 10.2 Å². The van der Waals surface area contributed by atoms with E-state index in [1.54, 1.807) is 12.1 Å². The van der Waals surface area contributed by atoms with Crippen molar-refractivity contribution in [1.29, 1.82) is 0 Å². The van der Waals surface area contributed by atoms with Crippen molar-refractivity contribution in [2.24, 2.45) is 11.8 Å². The van der Waals surface area contributed by atoms with Gasteiger partial charge >= 0.3 is 0 Å². The molecule has 5 nitrogen and oxygen atoms in total. The van der Waals surface area contributed by atoms with E-state index in [-0.39, 0.29) is 29.6 Å². The Balaban J connectivity index is 1.43. The first-order valence-electron chi connectivity index (χ1n) is 13.2. The molecule has 6 heteroatoms. The second-order valence-electron chi connectivity index (χ2n) is 10.3. The van der Waals surface area contributed by atoms with E-state index in [1.807, 2.05) is 30.0 Å². The Morgan fingerprint density at radius 1 is 1.09 bits per heavy atom. The van der Waals surface area contributed by atoms with Gasteiger partial charge in [-0.1, -0.05) is 38.0 Å². The molecule has 2 aromatic rings. The molecular weight excluding hydrogens is 443 g/mol. The third-order valence-electron chi connectivity index (χ3n) is 7.72. The van der Waals surface area contributed by atoms with Gasteiger partial charge in [0.2, 0.25) is 5.91 Å². The molecule has 0 unspecified atom stereocenters. The van der Waals surface area contributed by atoms with Gasteiger partial charge in [-0.15, -0.1) is 0 Å². The summed E-state index contributed by atoms with van der Waals surface area (Å²) < 4.78 is 19.9. The zero-order valence-electron chi connectivity index (χ0n) is 20.5.